The number of hydrogen-bond donors (Lipinski definition) is 3. The van der Waals surface area contributed by atoms with Crippen molar-refractivity contribution >= 4 is 32.8 Å². The molecule has 1 aliphatic heterocycles. The predicted octanol–water partition coefficient (Wildman–Crippen LogP) is 3.60. The van der Waals surface area contributed by atoms with Crippen LogP contribution in [0.25, 0.3) is 11.0 Å². The normalized spacial score (nSPS) is 29.2. The van der Waals surface area contributed by atoms with Crippen molar-refractivity contribution in [2.24, 2.45) is 5.41 Å². The monoisotopic (exact) mass is 511 g/mol. The van der Waals surface area contributed by atoms with E-state index >= 15 is 0 Å². The molecule has 174 valence electrons. The van der Waals surface area contributed by atoms with Gasteiger partial charge in [-0.25, -0.2) is 9.97 Å². The van der Waals surface area contributed by atoms with Gasteiger partial charge >= 0.3 is 0 Å². The lowest BCUT2D eigenvalue weighted by Gasteiger charge is -2.38. The van der Waals surface area contributed by atoms with Gasteiger partial charge in [0.05, 0.1) is 17.5 Å². The number of hydrogen-bond acceptors (Lipinski definition) is 6. The molecule has 6 rings (SSSR count). The number of aliphatic hydroxyl groups is 2. The van der Waals surface area contributed by atoms with E-state index in [0.717, 1.165) is 22.0 Å². The molecule has 7 nitrogen and oxygen atoms in total. The molecule has 0 bridgehead atoms. The molecule has 4 atom stereocenters. The Morgan fingerprint density at radius 1 is 1.15 bits per heavy atom. The van der Waals surface area contributed by atoms with Crippen LogP contribution in [0.4, 0.5) is 5.82 Å². The lowest BCUT2D eigenvalue weighted by atomic mass is 9.68. The third-order valence-corrected chi connectivity index (χ3v) is 8.92. The van der Waals surface area contributed by atoms with Gasteiger partial charge in [-0.05, 0) is 64.7 Å². The average Bonchev–Trinajstić information content (AvgIpc) is 3.44. The van der Waals surface area contributed by atoms with Crippen molar-refractivity contribution in [3.8, 4) is 0 Å². The Kier molecular flexibility index (Phi) is 5.25. The Balaban J connectivity index is 1.24. The highest BCUT2D eigenvalue weighted by Crippen LogP contribution is 2.48. The lowest BCUT2D eigenvalue weighted by molar-refractivity contribution is 0.0178. The highest BCUT2D eigenvalue weighted by atomic mass is 79.9. The van der Waals surface area contributed by atoms with Crippen LogP contribution in [-0.4, -0.2) is 54.9 Å². The summed E-state index contributed by atoms with van der Waals surface area (Å²) in [6, 6.07) is 8.27. The number of nitrogens with zero attached hydrogens (tertiary/aromatic N) is 4. The molecule has 2 saturated carbocycles. The van der Waals surface area contributed by atoms with Crippen LogP contribution in [0, 0.1) is 5.41 Å². The summed E-state index contributed by atoms with van der Waals surface area (Å²) in [5, 5.41) is 22.8. The fraction of sp³-hybridized carbons (Fsp3) is 0.520. The maximum atomic E-state index is 11.0. The molecule has 1 aromatic carbocycles. The lowest BCUT2D eigenvalue weighted by Crippen LogP contribution is -2.32. The maximum absolute atomic E-state index is 11.0. The number of benzene rings is 1. The molecule has 1 saturated heterocycles. The molecule has 1 spiro atoms. The van der Waals surface area contributed by atoms with Crippen LogP contribution >= 0.6 is 15.9 Å². The minimum absolute atomic E-state index is 0.142. The predicted molar refractivity (Wildman–Crippen MR) is 131 cm³/mol. The van der Waals surface area contributed by atoms with Gasteiger partial charge in [-0.1, -0.05) is 30.7 Å². The standard InChI is InChI=1S/C25H30BrN5O2/c26-18-12-31(24-20(18)23(27)28-14-29-24)19-10-17(21(32)22(19)33)16-4-1-3-15(9-16)11-30-8-7-25(13-30)5-2-6-25/h1,3-4,9,12,14,17,19,21-22,32-33H,2,5-8,10-11,13H2,(H2,27,28,29). The Bertz CT molecular complexity index is 1190. The van der Waals surface area contributed by atoms with Crippen LogP contribution in [-0.2, 0) is 6.54 Å². The number of halogens is 1. The Hall–Kier alpha value is -2.00. The largest absolute Gasteiger partial charge is 0.390 e. The van der Waals surface area contributed by atoms with Crippen molar-refractivity contribution < 1.29 is 10.2 Å². The van der Waals surface area contributed by atoms with E-state index in [2.05, 4.69) is 55.1 Å². The molecule has 3 fully saturated rings. The summed E-state index contributed by atoms with van der Waals surface area (Å²) in [5.41, 5.74) is 9.68. The summed E-state index contributed by atoms with van der Waals surface area (Å²) >= 11 is 3.55. The van der Waals surface area contributed by atoms with E-state index in [9.17, 15) is 10.2 Å². The highest BCUT2D eigenvalue weighted by molar-refractivity contribution is 9.10. The molecule has 4 unspecified atom stereocenters. The van der Waals surface area contributed by atoms with Crippen molar-refractivity contribution in [1.82, 2.24) is 19.4 Å². The van der Waals surface area contributed by atoms with Crippen molar-refractivity contribution in [3.63, 3.8) is 0 Å². The summed E-state index contributed by atoms with van der Waals surface area (Å²) in [7, 11) is 0. The first-order valence-electron chi connectivity index (χ1n) is 11.9. The zero-order chi connectivity index (χ0) is 22.7. The van der Waals surface area contributed by atoms with Crippen molar-refractivity contribution in [3.05, 3.63) is 52.4 Å². The molecule has 3 aromatic rings. The van der Waals surface area contributed by atoms with Crippen molar-refractivity contribution in [1.29, 1.82) is 0 Å². The van der Waals surface area contributed by atoms with Gasteiger partial charge < -0.3 is 20.5 Å². The average molecular weight is 512 g/mol. The smallest absolute Gasteiger partial charge is 0.146 e. The zero-order valence-corrected chi connectivity index (χ0v) is 20.2. The molecular weight excluding hydrogens is 482 g/mol. The topological polar surface area (TPSA) is 100 Å². The van der Waals surface area contributed by atoms with Gasteiger partial charge in [0.2, 0.25) is 0 Å². The van der Waals surface area contributed by atoms with Crippen molar-refractivity contribution in [2.45, 2.75) is 62.8 Å². The number of aromatic nitrogens is 3. The summed E-state index contributed by atoms with van der Waals surface area (Å²) in [6.45, 7) is 3.35. The first-order valence-corrected chi connectivity index (χ1v) is 12.7. The third kappa shape index (κ3) is 3.58. The molecule has 33 heavy (non-hydrogen) atoms. The number of rotatable bonds is 4. The van der Waals surface area contributed by atoms with Gasteiger partial charge in [0, 0.05) is 29.7 Å². The van der Waals surface area contributed by atoms with Crippen LogP contribution in [0.2, 0.25) is 0 Å². The number of anilines is 1. The second-order valence-electron chi connectivity index (χ2n) is 10.3. The van der Waals surface area contributed by atoms with E-state index in [1.54, 1.807) is 0 Å². The molecular formula is C25H30BrN5O2. The molecule has 0 amide bonds. The molecule has 4 N–H and O–H groups in total. The second-order valence-corrected chi connectivity index (χ2v) is 11.1. The van der Waals surface area contributed by atoms with Gasteiger partial charge in [0.15, 0.2) is 0 Å². The van der Waals surface area contributed by atoms with E-state index in [1.807, 2.05) is 10.8 Å². The Labute approximate surface area is 201 Å². The van der Waals surface area contributed by atoms with E-state index in [4.69, 9.17) is 5.73 Å². The van der Waals surface area contributed by atoms with Crippen LogP contribution in [0.15, 0.2) is 41.3 Å². The highest BCUT2D eigenvalue weighted by Gasteiger charge is 2.44. The van der Waals surface area contributed by atoms with E-state index < -0.39 is 12.2 Å². The summed E-state index contributed by atoms with van der Waals surface area (Å²) in [4.78, 5) is 11.1. The number of nitrogens with two attached hydrogens (primary N) is 1. The molecule has 2 aromatic heterocycles. The number of aliphatic hydroxyl groups excluding tert-OH is 2. The molecule has 3 heterocycles. The van der Waals surface area contributed by atoms with Crippen LogP contribution in [0.5, 0.6) is 0 Å². The number of fused-ring (bicyclic) bond motifs is 1. The zero-order valence-electron chi connectivity index (χ0n) is 18.6. The van der Waals surface area contributed by atoms with E-state index in [0.29, 0.717) is 23.3 Å². The minimum Gasteiger partial charge on any atom is -0.390 e. The first kappa shape index (κ1) is 21.5. The van der Waals surface area contributed by atoms with E-state index in [-0.39, 0.29) is 12.0 Å². The molecule has 3 aliphatic rings. The minimum atomic E-state index is -0.894. The van der Waals surface area contributed by atoms with Crippen LogP contribution < -0.4 is 5.73 Å². The fourth-order valence-electron chi connectivity index (χ4n) is 6.36. The molecule has 2 aliphatic carbocycles. The SMILES string of the molecule is Nc1ncnc2c1c(Br)cn2C1CC(c2cccc(CN3CCC4(CCC4)C3)c2)C(O)C1O. The fourth-order valence-corrected chi connectivity index (χ4v) is 6.96. The van der Waals surface area contributed by atoms with Crippen molar-refractivity contribution in [2.75, 3.05) is 18.8 Å². The van der Waals surface area contributed by atoms with Gasteiger partial charge in [0.25, 0.3) is 0 Å². The number of nitrogen functional groups attached to an aromatic ring is 1. The van der Waals surface area contributed by atoms with E-state index in [1.165, 1.54) is 50.7 Å². The maximum Gasteiger partial charge on any atom is 0.146 e. The molecule has 0 radical (unpaired) electrons. The Morgan fingerprint density at radius 2 is 2.00 bits per heavy atom. The van der Waals surface area contributed by atoms with Gasteiger partial charge in [-0.2, -0.15) is 0 Å². The third-order valence-electron chi connectivity index (χ3n) is 8.32. The summed E-state index contributed by atoms with van der Waals surface area (Å²) in [6.07, 6.45) is 7.70. The number of likely N-dealkylation sites (tertiary alicyclic amines) is 1. The Morgan fingerprint density at radius 3 is 2.76 bits per heavy atom. The van der Waals surface area contributed by atoms with Crippen LogP contribution in [0.3, 0.4) is 0 Å². The van der Waals surface area contributed by atoms with Crippen LogP contribution in [0.1, 0.15) is 55.2 Å². The van der Waals surface area contributed by atoms with Gasteiger partial charge in [-0.15, -0.1) is 0 Å². The van der Waals surface area contributed by atoms with Gasteiger partial charge in [-0.3, -0.25) is 4.90 Å². The first-order chi connectivity index (χ1) is 15.9. The van der Waals surface area contributed by atoms with Gasteiger partial charge in [0.1, 0.15) is 23.9 Å². The summed E-state index contributed by atoms with van der Waals surface area (Å²) in [5.74, 6) is 0.255. The summed E-state index contributed by atoms with van der Waals surface area (Å²) < 4.78 is 2.72. The quantitative estimate of drug-likeness (QED) is 0.494. The second kappa shape index (κ2) is 8.05. The molecule has 8 heteroatoms.